The molecule has 0 saturated carbocycles. The van der Waals surface area contributed by atoms with Crippen molar-refractivity contribution in [1.29, 1.82) is 0 Å². The number of H-pyrrole nitrogens is 1. The molecule has 0 spiro atoms. The number of carbonyl (C=O) groups excluding carboxylic acids is 1. The standard InChI is InChI=1S/C14H11ClFN3O2S/c1-22-14-18-12-11(13(21)19-14)6(5-9(20)17-12)10-7(15)3-2-4-8(10)16/h2-4,6H,5H2,1H3,(H2,17,18,19,20,21)/t6-/m1/s1. The molecule has 1 atom stereocenters. The topological polar surface area (TPSA) is 74.8 Å². The molecule has 1 aliphatic rings. The summed E-state index contributed by atoms with van der Waals surface area (Å²) in [6, 6.07) is 4.26. The Labute approximate surface area is 134 Å². The van der Waals surface area contributed by atoms with Gasteiger partial charge in [-0.15, -0.1) is 0 Å². The first-order chi connectivity index (χ1) is 10.5. The predicted molar refractivity (Wildman–Crippen MR) is 83.1 cm³/mol. The lowest BCUT2D eigenvalue weighted by Crippen LogP contribution is -2.31. The first-order valence-corrected chi connectivity index (χ1v) is 8.03. The highest BCUT2D eigenvalue weighted by Gasteiger charge is 2.33. The quantitative estimate of drug-likeness (QED) is 0.651. The van der Waals surface area contributed by atoms with E-state index in [2.05, 4.69) is 15.3 Å². The minimum Gasteiger partial charge on any atom is -0.310 e. The molecule has 2 aromatic rings. The van der Waals surface area contributed by atoms with E-state index in [1.807, 2.05) is 0 Å². The molecule has 1 aromatic carbocycles. The van der Waals surface area contributed by atoms with E-state index >= 15 is 0 Å². The van der Waals surface area contributed by atoms with Crippen LogP contribution in [-0.4, -0.2) is 22.1 Å². The zero-order valence-electron chi connectivity index (χ0n) is 11.4. The van der Waals surface area contributed by atoms with Gasteiger partial charge < -0.3 is 10.3 Å². The highest BCUT2D eigenvalue weighted by Crippen LogP contribution is 2.38. The smallest absolute Gasteiger partial charge is 0.257 e. The van der Waals surface area contributed by atoms with Gasteiger partial charge in [0.15, 0.2) is 5.16 Å². The van der Waals surface area contributed by atoms with Gasteiger partial charge in [-0.2, -0.15) is 0 Å². The molecule has 114 valence electrons. The number of rotatable bonds is 2. The fraction of sp³-hybridized carbons (Fsp3) is 0.214. The Hall–Kier alpha value is -1.86. The van der Waals surface area contributed by atoms with Crippen LogP contribution in [0.5, 0.6) is 0 Å². The molecule has 8 heteroatoms. The van der Waals surface area contributed by atoms with Gasteiger partial charge in [0.05, 0.1) is 5.56 Å². The highest BCUT2D eigenvalue weighted by molar-refractivity contribution is 7.98. The number of aromatic amines is 1. The Balaban J connectivity index is 2.25. The number of nitrogens with zero attached hydrogens (tertiary/aromatic N) is 1. The number of carbonyl (C=O) groups is 1. The summed E-state index contributed by atoms with van der Waals surface area (Å²) in [6.07, 6.45) is 1.69. The minimum atomic E-state index is -0.760. The van der Waals surface area contributed by atoms with Crippen LogP contribution in [0.1, 0.15) is 23.5 Å². The van der Waals surface area contributed by atoms with Crippen molar-refractivity contribution in [2.75, 3.05) is 11.6 Å². The lowest BCUT2D eigenvalue weighted by atomic mass is 9.86. The predicted octanol–water partition coefficient (Wildman–Crippen LogP) is 2.76. The monoisotopic (exact) mass is 339 g/mol. The van der Waals surface area contributed by atoms with Crippen molar-refractivity contribution in [3.8, 4) is 0 Å². The summed E-state index contributed by atoms with van der Waals surface area (Å²) in [7, 11) is 0. The van der Waals surface area contributed by atoms with Crippen LogP contribution < -0.4 is 10.9 Å². The van der Waals surface area contributed by atoms with Crippen molar-refractivity contribution in [3.63, 3.8) is 0 Å². The largest absolute Gasteiger partial charge is 0.310 e. The molecule has 5 nitrogen and oxygen atoms in total. The number of amides is 1. The summed E-state index contributed by atoms with van der Waals surface area (Å²) in [5, 5.41) is 3.12. The Morgan fingerprint density at radius 2 is 2.14 bits per heavy atom. The molecule has 0 aliphatic carbocycles. The van der Waals surface area contributed by atoms with Crippen LogP contribution in [0, 0.1) is 5.82 Å². The van der Waals surface area contributed by atoms with Gasteiger partial charge in [-0.25, -0.2) is 9.37 Å². The molecule has 0 fully saturated rings. The Morgan fingerprint density at radius 3 is 2.82 bits per heavy atom. The highest BCUT2D eigenvalue weighted by atomic mass is 35.5. The first-order valence-electron chi connectivity index (χ1n) is 6.43. The van der Waals surface area contributed by atoms with Gasteiger partial charge in [-0.1, -0.05) is 29.4 Å². The van der Waals surface area contributed by atoms with Gasteiger partial charge in [0.1, 0.15) is 11.6 Å². The van der Waals surface area contributed by atoms with E-state index in [1.54, 1.807) is 6.26 Å². The average molecular weight is 340 g/mol. The van der Waals surface area contributed by atoms with Crippen LogP contribution in [0.2, 0.25) is 5.02 Å². The van der Waals surface area contributed by atoms with Crippen molar-refractivity contribution in [1.82, 2.24) is 9.97 Å². The third-order valence-corrected chi connectivity index (χ3v) is 4.38. The van der Waals surface area contributed by atoms with E-state index in [0.717, 1.165) is 0 Å². The lowest BCUT2D eigenvalue weighted by Gasteiger charge is -2.25. The molecule has 1 aromatic heterocycles. The number of benzene rings is 1. The van der Waals surface area contributed by atoms with E-state index in [-0.39, 0.29) is 34.3 Å². The van der Waals surface area contributed by atoms with Gasteiger partial charge in [0.2, 0.25) is 5.91 Å². The minimum absolute atomic E-state index is 0.0585. The fourth-order valence-electron chi connectivity index (χ4n) is 2.54. The summed E-state index contributed by atoms with van der Waals surface area (Å²) < 4.78 is 14.2. The van der Waals surface area contributed by atoms with Crippen LogP contribution in [-0.2, 0) is 4.79 Å². The summed E-state index contributed by atoms with van der Waals surface area (Å²) >= 11 is 7.32. The maximum Gasteiger partial charge on any atom is 0.257 e. The number of aromatic nitrogens is 2. The number of nitrogens with one attached hydrogen (secondary N) is 2. The van der Waals surface area contributed by atoms with Gasteiger partial charge in [-0.3, -0.25) is 9.59 Å². The maximum atomic E-state index is 14.2. The van der Waals surface area contributed by atoms with Crippen molar-refractivity contribution in [3.05, 3.63) is 50.5 Å². The third-order valence-electron chi connectivity index (χ3n) is 3.47. The van der Waals surface area contributed by atoms with Gasteiger partial charge in [0.25, 0.3) is 5.56 Å². The molecule has 2 N–H and O–H groups in total. The number of anilines is 1. The molecule has 3 rings (SSSR count). The van der Waals surface area contributed by atoms with Crippen LogP contribution in [0.3, 0.4) is 0 Å². The normalized spacial score (nSPS) is 17.0. The fourth-order valence-corrected chi connectivity index (χ4v) is 3.21. The van der Waals surface area contributed by atoms with Crippen LogP contribution in [0.4, 0.5) is 10.2 Å². The number of hydrogen-bond donors (Lipinski definition) is 2. The van der Waals surface area contributed by atoms with Crippen molar-refractivity contribution < 1.29 is 9.18 Å². The van der Waals surface area contributed by atoms with E-state index in [9.17, 15) is 14.0 Å². The first kappa shape index (κ1) is 15.1. The molecular weight excluding hydrogens is 329 g/mol. The molecule has 1 aliphatic heterocycles. The zero-order chi connectivity index (χ0) is 15.9. The van der Waals surface area contributed by atoms with Crippen molar-refractivity contribution in [2.45, 2.75) is 17.5 Å². The van der Waals surface area contributed by atoms with Crippen LogP contribution in [0.25, 0.3) is 0 Å². The summed E-state index contributed by atoms with van der Waals surface area (Å²) in [5.74, 6) is -1.48. The van der Waals surface area contributed by atoms with E-state index in [4.69, 9.17) is 11.6 Å². The number of thioether (sulfide) groups is 1. The van der Waals surface area contributed by atoms with Crippen LogP contribution in [0.15, 0.2) is 28.2 Å². The van der Waals surface area contributed by atoms with E-state index in [1.165, 1.54) is 30.0 Å². The lowest BCUT2D eigenvalue weighted by molar-refractivity contribution is -0.116. The van der Waals surface area contributed by atoms with Gasteiger partial charge in [0, 0.05) is 22.9 Å². The molecule has 0 radical (unpaired) electrons. The SMILES string of the molecule is CSc1nc2c(c(=O)[nH]1)[C@@H](c1c(F)cccc1Cl)CC(=O)N2. The third kappa shape index (κ3) is 2.50. The van der Waals surface area contributed by atoms with Crippen LogP contribution >= 0.6 is 23.4 Å². The van der Waals surface area contributed by atoms with E-state index in [0.29, 0.717) is 5.16 Å². The zero-order valence-corrected chi connectivity index (χ0v) is 13.0. The van der Waals surface area contributed by atoms with Gasteiger partial charge >= 0.3 is 0 Å². The second kappa shape index (κ2) is 5.73. The summed E-state index contributed by atoms with van der Waals surface area (Å²) in [5.41, 5.74) is -0.0347. The molecule has 22 heavy (non-hydrogen) atoms. The molecule has 0 saturated heterocycles. The Morgan fingerprint density at radius 1 is 1.36 bits per heavy atom. The maximum absolute atomic E-state index is 14.2. The second-order valence-electron chi connectivity index (χ2n) is 4.78. The molecular formula is C14H11ClFN3O2S. The molecule has 1 amide bonds. The second-order valence-corrected chi connectivity index (χ2v) is 5.98. The molecule has 0 unspecified atom stereocenters. The summed E-state index contributed by atoms with van der Waals surface area (Å²) in [4.78, 5) is 31.0. The van der Waals surface area contributed by atoms with Gasteiger partial charge in [-0.05, 0) is 18.4 Å². The van der Waals surface area contributed by atoms with E-state index < -0.39 is 17.3 Å². The Bertz CT molecular complexity index is 804. The molecule has 0 bridgehead atoms. The van der Waals surface area contributed by atoms with Crippen molar-refractivity contribution in [2.24, 2.45) is 0 Å². The average Bonchev–Trinajstić information content (AvgIpc) is 2.45. The van der Waals surface area contributed by atoms with Crippen molar-refractivity contribution >= 4 is 35.1 Å². The molecule has 2 heterocycles. The Kier molecular flexibility index (Phi) is 3.92. The number of fused-ring (bicyclic) bond motifs is 1. The number of hydrogen-bond acceptors (Lipinski definition) is 4. The summed E-state index contributed by atoms with van der Waals surface area (Å²) in [6.45, 7) is 0. The number of halogens is 2.